The van der Waals surface area contributed by atoms with Crippen molar-refractivity contribution in [3.8, 4) is 0 Å². The van der Waals surface area contributed by atoms with Gasteiger partial charge in [0.05, 0.1) is 23.8 Å². The second-order valence-corrected chi connectivity index (χ2v) is 7.08. The second kappa shape index (κ2) is 5.56. The van der Waals surface area contributed by atoms with Gasteiger partial charge in [0.1, 0.15) is 0 Å². The van der Waals surface area contributed by atoms with Gasteiger partial charge in [-0.25, -0.2) is 4.79 Å². The number of hydrogen-bond acceptors (Lipinski definition) is 8. The van der Waals surface area contributed by atoms with Crippen molar-refractivity contribution in [3.63, 3.8) is 0 Å². The molecule has 0 aliphatic carbocycles. The zero-order chi connectivity index (χ0) is 15.8. The first-order valence-corrected chi connectivity index (χ1v) is 8.59. The zero-order valence-corrected chi connectivity index (χ0v) is 12.7. The molecule has 0 aromatic heterocycles. The van der Waals surface area contributed by atoms with Gasteiger partial charge in [-0.05, 0) is 0 Å². The molecule has 11 heteroatoms. The zero-order valence-electron chi connectivity index (χ0n) is 11.1. The van der Waals surface area contributed by atoms with E-state index in [2.05, 4.69) is 4.84 Å². The third-order valence-electron chi connectivity index (χ3n) is 2.55. The maximum atomic E-state index is 12.0. The van der Waals surface area contributed by atoms with Gasteiger partial charge < -0.3 is 9.02 Å². The summed E-state index contributed by atoms with van der Waals surface area (Å²) in [5, 5.41) is -0.260. The lowest BCUT2D eigenvalue weighted by Gasteiger charge is -2.43. The highest BCUT2D eigenvalue weighted by atomic mass is 32.2. The van der Waals surface area contributed by atoms with Gasteiger partial charge in [0.2, 0.25) is 11.8 Å². The number of hydrogen-bond donors (Lipinski definition) is 1. The van der Waals surface area contributed by atoms with E-state index in [9.17, 15) is 22.8 Å². The van der Waals surface area contributed by atoms with Gasteiger partial charge in [-0.15, -0.1) is 11.8 Å². The van der Waals surface area contributed by atoms with Crippen LogP contribution in [0.2, 0.25) is 0 Å². The number of amides is 2. The molecule has 0 aromatic rings. The van der Waals surface area contributed by atoms with E-state index in [0.29, 0.717) is 0 Å². The Bertz CT molecular complexity index is 640. The number of carbonyl (C=O) groups is 3. The number of hydroxylamine groups is 1. The number of thioether (sulfide) groups is 1. The average molecular weight is 336 g/mol. The molecule has 1 saturated heterocycles. The maximum Gasteiger partial charge on any atom is 0.382 e. The van der Waals surface area contributed by atoms with Crippen LogP contribution in [-0.4, -0.2) is 48.5 Å². The summed E-state index contributed by atoms with van der Waals surface area (Å²) in [6.07, 6.45) is 1.07. The van der Waals surface area contributed by atoms with Gasteiger partial charge in [-0.2, -0.15) is 13.9 Å². The van der Waals surface area contributed by atoms with Crippen molar-refractivity contribution in [2.75, 3.05) is 12.0 Å². The Balaban J connectivity index is 2.31. The lowest BCUT2D eigenvalue weighted by Crippen LogP contribution is -2.54. The van der Waals surface area contributed by atoms with E-state index in [0.717, 1.165) is 18.1 Å². The summed E-state index contributed by atoms with van der Waals surface area (Å²) in [6, 6.07) is 0. The fourth-order valence-corrected chi connectivity index (χ4v) is 3.54. The molecule has 1 fully saturated rings. The molecule has 2 heterocycles. The third-order valence-corrected chi connectivity index (χ3v) is 4.25. The molecule has 21 heavy (non-hydrogen) atoms. The molecule has 2 rings (SSSR count). The van der Waals surface area contributed by atoms with Crippen molar-refractivity contribution in [1.82, 2.24) is 10.4 Å². The molecular weight excluding hydrogens is 324 g/mol. The Hall–Kier alpha value is -1.75. The summed E-state index contributed by atoms with van der Waals surface area (Å²) in [5.74, 6) is -2.11. The van der Waals surface area contributed by atoms with Gasteiger partial charge in [0, 0.05) is 6.92 Å². The number of carbonyl (C=O) groups excluding carboxylic acids is 3. The molecule has 0 spiro atoms. The Kier molecular flexibility index (Phi) is 4.14. The fourth-order valence-electron chi connectivity index (χ4n) is 1.79. The van der Waals surface area contributed by atoms with Gasteiger partial charge in [0.15, 0.2) is 11.5 Å². The SMILES string of the molecule is CC(=O)NOC(=O)C1=C(OS(C)(=O)=O)CS[C@H]2CC(=O)N12. The molecule has 116 valence electrons. The highest BCUT2D eigenvalue weighted by Gasteiger charge is 2.47. The minimum absolute atomic E-state index is 0.103. The Morgan fingerprint density at radius 2 is 2.10 bits per heavy atom. The van der Waals surface area contributed by atoms with Crippen molar-refractivity contribution in [2.45, 2.75) is 18.7 Å². The summed E-state index contributed by atoms with van der Waals surface area (Å²) < 4.78 is 27.2. The number of fused-ring (bicyclic) bond motifs is 1. The molecule has 0 aromatic carbocycles. The minimum Gasteiger partial charge on any atom is -0.384 e. The van der Waals surface area contributed by atoms with Crippen LogP contribution in [0.15, 0.2) is 11.5 Å². The summed E-state index contributed by atoms with van der Waals surface area (Å²) in [6.45, 7) is 1.13. The first-order valence-electron chi connectivity index (χ1n) is 5.73. The topological polar surface area (TPSA) is 119 Å². The van der Waals surface area contributed by atoms with Crippen LogP contribution < -0.4 is 5.48 Å². The van der Waals surface area contributed by atoms with Gasteiger partial charge in [-0.1, -0.05) is 0 Å². The van der Waals surface area contributed by atoms with E-state index in [1.807, 2.05) is 5.48 Å². The van der Waals surface area contributed by atoms with Crippen molar-refractivity contribution in [1.29, 1.82) is 0 Å². The minimum atomic E-state index is -3.86. The van der Waals surface area contributed by atoms with Crippen molar-refractivity contribution in [3.05, 3.63) is 11.5 Å². The predicted molar refractivity (Wildman–Crippen MR) is 70.6 cm³/mol. The molecule has 0 bridgehead atoms. The standard InChI is InChI=1S/C10H12N2O7S2/c1-5(13)11-18-10(15)9-6(19-21(2,16)17)4-20-8-3-7(14)12(8)9/h8H,3-4H2,1-2H3,(H,11,13)/t8-/m0/s1. The van der Waals surface area contributed by atoms with Crippen molar-refractivity contribution >= 4 is 39.7 Å². The predicted octanol–water partition coefficient (Wildman–Crippen LogP) is -0.926. The number of nitrogens with one attached hydrogen (secondary N) is 1. The molecule has 2 aliphatic heterocycles. The summed E-state index contributed by atoms with van der Waals surface area (Å²) in [7, 11) is -3.86. The van der Waals surface area contributed by atoms with E-state index in [4.69, 9.17) is 4.18 Å². The van der Waals surface area contributed by atoms with Crippen LogP contribution in [0.5, 0.6) is 0 Å². The van der Waals surface area contributed by atoms with Crippen LogP contribution in [0.1, 0.15) is 13.3 Å². The molecule has 1 N–H and O–H groups in total. The quantitative estimate of drug-likeness (QED) is 0.399. The van der Waals surface area contributed by atoms with E-state index in [1.165, 1.54) is 11.8 Å². The fraction of sp³-hybridized carbons (Fsp3) is 0.500. The third kappa shape index (κ3) is 3.47. The second-order valence-electron chi connectivity index (χ2n) is 4.34. The van der Waals surface area contributed by atoms with E-state index in [1.54, 1.807) is 0 Å². The smallest absolute Gasteiger partial charge is 0.382 e. The van der Waals surface area contributed by atoms with Crippen LogP contribution in [0.4, 0.5) is 0 Å². The van der Waals surface area contributed by atoms with Crippen molar-refractivity contribution in [2.24, 2.45) is 0 Å². The van der Waals surface area contributed by atoms with E-state index in [-0.39, 0.29) is 34.9 Å². The summed E-state index contributed by atoms with van der Waals surface area (Å²) in [5.41, 5.74) is 1.53. The number of nitrogens with zero attached hydrogens (tertiary/aromatic N) is 1. The lowest BCUT2D eigenvalue weighted by molar-refractivity contribution is -0.158. The van der Waals surface area contributed by atoms with Crippen LogP contribution in [0.3, 0.4) is 0 Å². The molecular formula is C10H12N2O7S2. The van der Waals surface area contributed by atoms with Crippen LogP contribution >= 0.6 is 11.8 Å². The van der Waals surface area contributed by atoms with Crippen LogP contribution in [-0.2, 0) is 33.5 Å². The Morgan fingerprint density at radius 1 is 1.43 bits per heavy atom. The number of β-lactam (4-membered cyclic amide) rings is 1. The largest absolute Gasteiger partial charge is 0.384 e. The summed E-state index contributed by atoms with van der Waals surface area (Å²) in [4.78, 5) is 39.9. The lowest BCUT2D eigenvalue weighted by atomic mass is 10.1. The molecule has 1 atom stereocenters. The highest BCUT2D eigenvalue weighted by Crippen LogP contribution is 2.40. The number of rotatable bonds is 3. The Morgan fingerprint density at radius 3 is 2.62 bits per heavy atom. The molecule has 0 unspecified atom stereocenters. The Labute approximate surface area is 124 Å². The van der Waals surface area contributed by atoms with Gasteiger partial charge in [0.25, 0.3) is 0 Å². The maximum absolute atomic E-state index is 12.0. The highest BCUT2D eigenvalue weighted by molar-refractivity contribution is 8.00. The van der Waals surface area contributed by atoms with E-state index >= 15 is 0 Å². The average Bonchev–Trinajstić information content (AvgIpc) is 2.34. The van der Waals surface area contributed by atoms with E-state index < -0.39 is 22.0 Å². The molecule has 2 aliphatic rings. The normalized spacial score (nSPS) is 21.3. The van der Waals surface area contributed by atoms with Gasteiger partial charge >= 0.3 is 16.1 Å². The summed E-state index contributed by atoms with van der Waals surface area (Å²) >= 11 is 1.27. The van der Waals surface area contributed by atoms with Crippen molar-refractivity contribution < 1.29 is 31.8 Å². The molecule has 0 saturated carbocycles. The van der Waals surface area contributed by atoms with Crippen LogP contribution in [0.25, 0.3) is 0 Å². The molecule has 2 amide bonds. The molecule has 9 nitrogen and oxygen atoms in total. The van der Waals surface area contributed by atoms with Crippen LogP contribution in [0, 0.1) is 0 Å². The first kappa shape index (κ1) is 15.6. The molecule has 0 radical (unpaired) electrons. The first-order chi connectivity index (χ1) is 9.69. The monoisotopic (exact) mass is 336 g/mol. The van der Waals surface area contributed by atoms with Gasteiger partial charge in [-0.3, -0.25) is 14.5 Å².